The second kappa shape index (κ2) is 10.1. The van der Waals surface area contributed by atoms with Gasteiger partial charge in [-0.2, -0.15) is 5.10 Å². The van der Waals surface area contributed by atoms with Crippen LogP contribution >= 0.6 is 0 Å². The Balaban J connectivity index is 1.59. The zero-order valence-electron chi connectivity index (χ0n) is 18.9. The summed E-state index contributed by atoms with van der Waals surface area (Å²) in [7, 11) is 0. The van der Waals surface area contributed by atoms with E-state index in [1.165, 1.54) is 28.9 Å². The number of nitrogens with zero attached hydrogens (tertiary/aromatic N) is 4. The molecule has 3 aromatic rings. The van der Waals surface area contributed by atoms with Gasteiger partial charge in [0.2, 0.25) is 11.8 Å². The summed E-state index contributed by atoms with van der Waals surface area (Å²) >= 11 is 0. The van der Waals surface area contributed by atoms with E-state index in [-0.39, 0.29) is 17.5 Å². The van der Waals surface area contributed by atoms with Crippen LogP contribution in [0.15, 0.2) is 48.5 Å². The molecular weight excluding hydrogens is 426 g/mol. The largest absolute Gasteiger partial charge is 0.436 e. The average molecular weight is 455 g/mol. The lowest BCUT2D eigenvalue weighted by molar-refractivity contribution is -0.132. The number of hydrogen-bond donors (Lipinski definition) is 0. The highest BCUT2D eigenvalue weighted by Crippen LogP contribution is 2.32. The Kier molecular flexibility index (Phi) is 7.03. The van der Waals surface area contributed by atoms with Gasteiger partial charge in [0.15, 0.2) is 11.6 Å². The van der Waals surface area contributed by atoms with Gasteiger partial charge in [-0.1, -0.05) is 19.1 Å². The number of hydrogen-bond acceptors (Lipinski definition) is 4. The Bertz CT molecular complexity index is 1110. The minimum atomic E-state index is -0.502. The molecule has 0 unspecified atom stereocenters. The summed E-state index contributed by atoms with van der Waals surface area (Å²) in [6, 6.07) is 12.0. The molecule has 4 rings (SSSR count). The lowest BCUT2D eigenvalue weighted by Gasteiger charge is -2.34. The number of likely N-dealkylation sites (N-methyl/N-ethyl adjacent to an activating group) is 1. The smallest absolute Gasteiger partial charge is 0.226 e. The van der Waals surface area contributed by atoms with Gasteiger partial charge in [-0.15, -0.1) is 0 Å². The first-order valence-corrected chi connectivity index (χ1v) is 11.2. The maximum Gasteiger partial charge on any atom is 0.226 e. The first kappa shape index (κ1) is 22.9. The minimum absolute atomic E-state index is 0.0593. The van der Waals surface area contributed by atoms with E-state index in [1.807, 2.05) is 11.8 Å². The van der Waals surface area contributed by atoms with E-state index < -0.39 is 5.82 Å². The maximum absolute atomic E-state index is 14.3. The molecule has 1 amide bonds. The molecule has 0 N–H and O–H groups in total. The van der Waals surface area contributed by atoms with Crippen molar-refractivity contribution in [1.29, 1.82) is 0 Å². The van der Waals surface area contributed by atoms with Crippen LogP contribution < -0.4 is 4.74 Å². The first-order valence-electron chi connectivity index (χ1n) is 11.2. The molecule has 0 atom stereocenters. The van der Waals surface area contributed by atoms with E-state index >= 15 is 0 Å². The average Bonchev–Trinajstić information content (AvgIpc) is 3.14. The van der Waals surface area contributed by atoms with Crippen LogP contribution in [0.5, 0.6) is 11.6 Å². The number of aromatic nitrogens is 2. The molecule has 1 aliphatic rings. The summed E-state index contributed by atoms with van der Waals surface area (Å²) < 4.78 is 35.3. The molecule has 2 aromatic carbocycles. The van der Waals surface area contributed by atoms with Crippen molar-refractivity contribution in [3.05, 3.63) is 71.4 Å². The monoisotopic (exact) mass is 454 g/mol. The second-order valence-corrected chi connectivity index (χ2v) is 8.10. The van der Waals surface area contributed by atoms with Gasteiger partial charge >= 0.3 is 0 Å². The van der Waals surface area contributed by atoms with Crippen LogP contribution in [0, 0.1) is 18.6 Å². The Hall–Kier alpha value is -3.26. The number of carbonyl (C=O) groups is 1. The molecule has 1 aliphatic heterocycles. The number of para-hydroxylation sites is 1. The summed E-state index contributed by atoms with van der Waals surface area (Å²) in [5.41, 5.74) is 1.98. The Labute approximate surface area is 192 Å². The SMILES string of the molecule is CCN1CCN(C(=O)CCc2c(C)nn(-c3ccc(F)cc3)c2Oc2ccccc2F)CC1. The number of aryl methyl sites for hydroxylation is 1. The zero-order chi connectivity index (χ0) is 23.4. The van der Waals surface area contributed by atoms with Crippen molar-refractivity contribution in [2.45, 2.75) is 26.7 Å². The molecule has 8 heteroatoms. The molecule has 2 heterocycles. The quantitative estimate of drug-likeness (QED) is 0.533. The predicted molar refractivity (Wildman–Crippen MR) is 122 cm³/mol. The highest BCUT2D eigenvalue weighted by molar-refractivity contribution is 5.76. The fourth-order valence-corrected chi connectivity index (χ4v) is 4.02. The van der Waals surface area contributed by atoms with Crippen LogP contribution in [0.2, 0.25) is 0 Å². The molecule has 1 aromatic heterocycles. The molecule has 0 bridgehead atoms. The second-order valence-electron chi connectivity index (χ2n) is 8.10. The maximum atomic E-state index is 14.3. The third-order valence-electron chi connectivity index (χ3n) is 6.01. The van der Waals surface area contributed by atoms with Crippen molar-refractivity contribution < 1.29 is 18.3 Å². The molecule has 0 spiro atoms. The number of piperazine rings is 1. The fraction of sp³-hybridized carbons (Fsp3) is 0.360. The van der Waals surface area contributed by atoms with Crippen LogP contribution in [0.1, 0.15) is 24.6 Å². The molecule has 6 nitrogen and oxygen atoms in total. The molecule has 1 saturated heterocycles. The molecule has 0 saturated carbocycles. The molecule has 0 aliphatic carbocycles. The molecule has 33 heavy (non-hydrogen) atoms. The fourth-order valence-electron chi connectivity index (χ4n) is 4.02. The topological polar surface area (TPSA) is 50.6 Å². The van der Waals surface area contributed by atoms with Crippen molar-refractivity contribution in [3.63, 3.8) is 0 Å². The molecule has 174 valence electrons. The van der Waals surface area contributed by atoms with Gasteiger partial charge in [0.25, 0.3) is 0 Å². The van der Waals surface area contributed by atoms with Gasteiger partial charge in [-0.25, -0.2) is 13.5 Å². The van der Waals surface area contributed by atoms with Crippen LogP contribution in [0.3, 0.4) is 0 Å². The van der Waals surface area contributed by atoms with Crippen molar-refractivity contribution >= 4 is 5.91 Å². The highest BCUT2D eigenvalue weighted by Gasteiger charge is 2.24. The Morgan fingerprint density at radius 3 is 2.39 bits per heavy atom. The Morgan fingerprint density at radius 1 is 1.03 bits per heavy atom. The van der Waals surface area contributed by atoms with Gasteiger partial charge in [-0.05, 0) is 56.3 Å². The van der Waals surface area contributed by atoms with Gasteiger partial charge in [0.1, 0.15) is 5.82 Å². The van der Waals surface area contributed by atoms with E-state index in [2.05, 4.69) is 16.9 Å². The van der Waals surface area contributed by atoms with Gasteiger partial charge < -0.3 is 14.5 Å². The van der Waals surface area contributed by atoms with Crippen molar-refractivity contribution in [1.82, 2.24) is 19.6 Å². The molecule has 0 radical (unpaired) electrons. The summed E-state index contributed by atoms with van der Waals surface area (Å²) in [5.74, 6) is -0.403. The van der Waals surface area contributed by atoms with Gasteiger partial charge in [0, 0.05) is 38.2 Å². The van der Waals surface area contributed by atoms with Gasteiger partial charge in [-0.3, -0.25) is 4.79 Å². The summed E-state index contributed by atoms with van der Waals surface area (Å²) in [5, 5.41) is 4.56. The lowest BCUT2D eigenvalue weighted by atomic mass is 10.1. The van der Waals surface area contributed by atoms with Crippen LogP contribution in [-0.2, 0) is 11.2 Å². The van der Waals surface area contributed by atoms with E-state index in [0.29, 0.717) is 30.1 Å². The highest BCUT2D eigenvalue weighted by atomic mass is 19.1. The standard InChI is InChI=1S/C25H28F2N4O2/c1-3-29-14-16-30(17-15-29)24(32)13-12-21-18(2)28-31(20-10-8-19(26)9-11-20)25(21)33-23-7-5-4-6-22(23)27/h4-11H,3,12-17H2,1-2H3. The first-order chi connectivity index (χ1) is 16.0. The van der Waals surface area contributed by atoms with E-state index in [1.54, 1.807) is 24.3 Å². The summed E-state index contributed by atoms with van der Waals surface area (Å²) in [4.78, 5) is 17.1. The number of halogens is 2. The normalized spacial score (nSPS) is 14.5. The third kappa shape index (κ3) is 5.22. The number of benzene rings is 2. The van der Waals surface area contributed by atoms with Crippen LogP contribution in [0.4, 0.5) is 8.78 Å². The van der Waals surface area contributed by atoms with Crippen molar-refractivity contribution in [3.8, 4) is 17.3 Å². The summed E-state index contributed by atoms with van der Waals surface area (Å²) in [6.45, 7) is 8.14. The van der Waals surface area contributed by atoms with E-state index in [4.69, 9.17) is 4.74 Å². The lowest BCUT2D eigenvalue weighted by Crippen LogP contribution is -2.48. The molecule has 1 fully saturated rings. The predicted octanol–water partition coefficient (Wildman–Crippen LogP) is 4.35. The Morgan fingerprint density at radius 2 is 1.73 bits per heavy atom. The van der Waals surface area contributed by atoms with Crippen LogP contribution in [0.25, 0.3) is 5.69 Å². The minimum Gasteiger partial charge on any atom is -0.436 e. The number of carbonyl (C=O) groups excluding carboxylic acids is 1. The van der Waals surface area contributed by atoms with E-state index in [9.17, 15) is 13.6 Å². The zero-order valence-corrected chi connectivity index (χ0v) is 18.9. The molecular formula is C25H28F2N4O2. The van der Waals surface area contributed by atoms with E-state index in [0.717, 1.165) is 38.3 Å². The number of rotatable bonds is 7. The van der Waals surface area contributed by atoms with Gasteiger partial charge in [0.05, 0.1) is 11.4 Å². The van der Waals surface area contributed by atoms with Crippen molar-refractivity contribution in [2.75, 3.05) is 32.7 Å². The van der Waals surface area contributed by atoms with Crippen LogP contribution in [-0.4, -0.2) is 58.2 Å². The number of ether oxygens (including phenoxy) is 1. The number of amides is 1. The third-order valence-corrected chi connectivity index (χ3v) is 6.01. The van der Waals surface area contributed by atoms with Crippen molar-refractivity contribution in [2.24, 2.45) is 0 Å². The summed E-state index contributed by atoms with van der Waals surface area (Å²) in [6.07, 6.45) is 0.708.